The van der Waals surface area contributed by atoms with Gasteiger partial charge in [-0.15, -0.1) is 0 Å². The number of Topliss-reactive ketones (excluding diaryl/α,β-unsaturated/α-hetero) is 1. The topological polar surface area (TPSA) is 20.3 Å². The summed E-state index contributed by atoms with van der Waals surface area (Å²) in [6.07, 6.45) is 8.75. The van der Waals surface area contributed by atoms with Crippen LogP contribution in [0.5, 0.6) is 0 Å². The summed E-state index contributed by atoms with van der Waals surface area (Å²) in [5, 5.41) is 0. The zero-order chi connectivity index (χ0) is 20.1. The van der Waals surface area contributed by atoms with E-state index >= 15 is 0 Å². The van der Waals surface area contributed by atoms with E-state index < -0.39 is 0 Å². The van der Waals surface area contributed by atoms with Crippen LogP contribution in [0.1, 0.15) is 56.1 Å². The molecule has 4 atom stereocenters. The molecular weight excluding hydrogens is 366 g/mol. The minimum atomic E-state index is -0.302. The Morgan fingerprint density at radius 2 is 1.43 bits per heavy atom. The van der Waals surface area contributed by atoms with Crippen LogP contribution in [-0.2, 0) is 4.79 Å². The second kappa shape index (κ2) is 7.20. The van der Waals surface area contributed by atoms with Gasteiger partial charge in [-0.25, -0.2) is 0 Å². The van der Waals surface area contributed by atoms with Gasteiger partial charge in [0.2, 0.25) is 0 Å². The maximum atomic E-state index is 14.6. The number of hydrogen-bond acceptors (Lipinski definition) is 2. The highest BCUT2D eigenvalue weighted by Crippen LogP contribution is 2.63. The van der Waals surface area contributed by atoms with E-state index in [9.17, 15) is 4.79 Å². The Hall–Kier alpha value is -2.19. The molecular formula is C28H31NO. The van der Waals surface area contributed by atoms with Gasteiger partial charge >= 0.3 is 0 Å². The fraction of sp³-hybridized carbons (Fsp3) is 0.464. The van der Waals surface area contributed by atoms with Crippen LogP contribution in [0.2, 0.25) is 0 Å². The molecule has 0 spiro atoms. The Balaban J connectivity index is 1.59. The first-order valence-corrected chi connectivity index (χ1v) is 11.9. The summed E-state index contributed by atoms with van der Waals surface area (Å²) in [5.41, 5.74) is 4.43. The Labute approximate surface area is 180 Å². The number of fused-ring (bicyclic) bond motifs is 4. The summed E-state index contributed by atoms with van der Waals surface area (Å²) in [6, 6.07) is 21.3. The summed E-state index contributed by atoms with van der Waals surface area (Å²) in [6.45, 7) is 2.18. The first-order valence-electron chi connectivity index (χ1n) is 11.9. The van der Waals surface area contributed by atoms with Crippen molar-refractivity contribution < 1.29 is 4.79 Å². The van der Waals surface area contributed by atoms with Crippen molar-refractivity contribution in [1.29, 1.82) is 0 Å². The van der Waals surface area contributed by atoms with E-state index in [-0.39, 0.29) is 5.54 Å². The fourth-order valence-electron chi connectivity index (χ4n) is 7.41. The number of hydrogen-bond donors (Lipinski definition) is 0. The highest BCUT2D eigenvalue weighted by Gasteiger charge is 2.65. The van der Waals surface area contributed by atoms with Gasteiger partial charge in [0.05, 0.1) is 5.54 Å². The molecule has 0 radical (unpaired) electrons. The van der Waals surface area contributed by atoms with Crippen molar-refractivity contribution in [2.45, 2.75) is 50.5 Å². The molecule has 1 heterocycles. The molecule has 3 aliphatic carbocycles. The van der Waals surface area contributed by atoms with Crippen molar-refractivity contribution in [2.24, 2.45) is 17.8 Å². The van der Waals surface area contributed by atoms with Gasteiger partial charge < -0.3 is 0 Å². The van der Waals surface area contributed by atoms with Crippen molar-refractivity contribution in [3.8, 4) is 0 Å². The average molecular weight is 398 g/mol. The molecule has 2 heteroatoms. The molecule has 1 aliphatic heterocycles. The van der Waals surface area contributed by atoms with Crippen molar-refractivity contribution in [1.82, 2.24) is 4.90 Å². The maximum absolute atomic E-state index is 14.6. The summed E-state index contributed by atoms with van der Waals surface area (Å²) in [4.78, 5) is 17.3. The predicted octanol–water partition coefficient (Wildman–Crippen LogP) is 5.84. The average Bonchev–Trinajstić information content (AvgIpc) is 3.33. The highest BCUT2D eigenvalue weighted by molar-refractivity contribution is 6.35. The second-order valence-corrected chi connectivity index (χ2v) is 9.89. The fourth-order valence-corrected chi connectivity index (χ4v) is 7.41. The number of carbonyl (C=O) groups excluding carboxylic acids is 1. The van der Waals surface area contributed by atoms with Crippen LogP contribution in [0, 0.1) is 17.8 Å². The lowest BCUT2D eigenvalue weighted by molar-refractivity contribution is -0.134. The molecule has 4 aliphatic rings. The Morgan fingerprint density at radius 1 is 0.767 bits per heavy atom. The first-order chi connectivity index (χ1) is 14.8. The minimum Gasteiger partial charge on any atom is -0.292 e. The second-order valence-electron chi connectivity index (χ2n) is 9.89. The van der Waals surface area contributed by atoms with Crippen molar-refractivity contribution in [3.05, 3.63) is 71.8 Å². The third kappa shape index (κ3) is 2.56. The lowest BCUT2D eigenvalue weighted by Crippen LogP contribution is -2.63. The molecule has 2 nitrogen and oxygen atoms in total. The van der Waals surface area contributed by atoms with E-state index in [0.29, 0.717) is 17.6 Å². The van der Waals surface area contributed by atoms with Crippen LogP contribution in [0.3, 0.4) is 0 Å². The molecule has 2 aromatic carbocycles. The minimum absolute atomic E-state index is 0.302. The van der Waals surface area contributed by atoms with E-state index in [0.717, 1.165) is 30.1 Å². The molecule has 2 bridgehead atoms. The van der Waals surface area contributed by atoms with E-state index in [2.05, 4.69) is 65.6 Å². The summed E-state index contributed by atoms with van der Waals surface area (Å²) in [7, 11) is 0. The largest absolute Gasteiger partial charge is 0.292 e. The summed E-state index contributed by atoms with van der Waals surface area (Å²) in [5.74, 6) is 2.09. The van der Waals surface area contributed by atoms with E-state index in [1.54, 1.807) is 0 Å². The van der Waals surface area contributed by atoms with Gasteiger partial charge in [0.15, 0.2) is 5.78 Å². The van der Waals surface area contributed by atoms with Gasteiger partial charge in [-0.05, 0) is 73.7 Å². The lowest BCUT2D eigenvalue weighted by atomic mass is 9.63. The van der Waals surface area contributed by atoms with Crippen LogP contribution >= 0.6 is 0 Å². The van der Waals surface area contributed by atoms with Crippen LogP contribution in [0.15, 0.2) is 60.7 Å². The molecule has 3 fully saturated rings. The molecule has 6 rings (SSSR count). The van der Waals surface area contributed by atoms with Crippen LogP contribution in [0.4, 0.5) is 0 Å². The Bertz CT molecular complexity index is 972. The molecule has 0 N–H and O–H groups in total. The SMILES string of the molecule is O=C1C(c2ccccc2)=C(c2ccccc2)[C@H]2C[C@H]3CC[C@H](C3)[C@@]12N1CCCCC1. The quantitative estimate of drug-likeness (QED) is 0.648. The van der Waals surface area contributed by atoms with Gasteiger partial charge in [-0.3, -0.25) is 9.69 Å². The molecule has 1 saturated heterocycles. The molecule has 0 amide bonds. The van der Waals surface area contributed by atoms with Gasteiger partial charge in [-0.2, -0.15) is 0 Å². The number of piperidine rings is 1. The molecule has 2 aromatic rings. The van der Waals surface area contributed by atoms with Crippen molar-refractivity contribution >= 4 is 16.9 Å². The molecule has 0 unspecified atom stereocenters. The van der Waals surface area contributed by atoms with Gasteiger partial charge in [0.25, 0.3) is 0 Å². The number of ketones is 1. The van der Waals surface area contributed by atoms with E-state index in [4.69, 9.17) is 0 Å². The zero-order valence-corrected chi connectivity index (χ0v) is 17.7. The number of likely N-dealkylation sites (tertiary alicyclic amines) is 1. The Morgan fingerprint density at radius 3 is 2.13 bits per heavy atom. The number of rotatable bonds is 3. The van der Waals surface area contributed by atoms with Crippen LogP contribution in [0.25, 0.3) is 11.1 Å². The zero-order valence-electron chi connectivity index (χ0n) is 17.7. The van der Waals surface area contributed by atoms with Crippen molar-refractivity contribution in [3.63, 3.8) is 0 Å². The summed E-state index contributed by atoms with van der Waals surface area (Å²) < 4.78 is 0. The van der Waals surface area contributed by atoms with Crippen LogP contribution in [-0.4, -0.2) is 29.3 Å². The molecule has 30 heavy (non-hydrogen) atoms. The normalized spacial score (nSPS) is 33.7. The molecule has 0 aromatic heterocycles. The monoisotopic (exact) mass is 397 g/mol. The van der Waals surface area contributed by atoms with Crippen molar-refractivity contribution in [2.75, 3.05) is 13.1 Å². The number of carbonyl (C=O) groups is 1. The smallest absolute Gasteiger partial charge is 0.184 e. The molecule has 154 valence electrons. The third-order valence-electron chi connectivity index (χ3n) is 8.50. The number of nitrogens with zero attached hydrogens (tertiary/aromatic N) is 1. The van der Waals surface area contributed by atoms with E-state index in [1.165, 1.54) is 56.1 Å². The molecule has 2 saturated carbocycles. The van der Waals surface area contributed by atoms with Gasteiger partial charge in [0.1, 0.15) is 0 Å². The first kappa shape index (κ1) is 18.6. The third-order valence-corrected chi connectivity index (χ3v) is 8.50. The van der Waals surface area contributed by atoms with E-state index in [1.807, 2.05) is 0 Å². The highest BCUT2D eigenvalue weighted by atomic mass is 16.1. The Kier molecular flexibility index (Phi) is 4.46. The number of benzene rings is 2. The van der Waals surface area contributed by atoms with Crippen LogP contribution < -0.4 is 0 Å². The standard InChI is InChI=1S/C28H31NO/c30-27-26(22-12-6-2-7-13-22)25(21-10-4-1-5-11-21)24-19-20-14-15-23(18-20)28(24,27)29-16-8-3-9-17-29/h1-2,4-7,10-13,20,23-24H,3,8-9,14-19H2/t20-,23+,24+,28-/m0/s1. The predicted molar refractivity (Wildman–Crippen MR) is 122 cm³/mol. The van der Waals surface area contributed by atoms with Gasteiger partial charge in [0, 0.05) is 11.5 Å². The lowest BCUT2D eigenvalue weighted by Gasteiger charge is -2.52. The summed E-state index contributed by atoms with van der Waals surface area (Å²) >= 11 is 0. The maximum Gasteiger partial charge on any atom is 0.184 e. The van der Waals surface area contributed by atoms with Gasteiger partial charge in [-0.1, -0.05) is 73.5 Å².